The highest BCUT2D eigenvalue weighted by Crippen LogP contribution is 2.17. The molecule has 0 aliphatic rings. The third-order valence-electron chi connectivity index (χ3n) is 4.00. The van der Waals surface area contributed by atoms with Crippen molar-refractivity contribution in [2.24, 2.45) is 0 Å². The quantitative estimate of drug-likeness (QED) is 0.620. The van der Waals surface area contributed by atoms with Gasteiger partial charge in [0.15, 0.2) is 5.78 Å². The van der Waals surface area contributed by atoms with E-state index < -0.39 is 10.0 Å². The van der Waals surface area contributed by atoms with Crippen LogP contribution in [0.15, 0.2) is 83.8 Å². The molecular weight excluding hydrogens is 376 g/mol. The summed E-state index contributed by atoms with van der Waals surface area (Å²) in [5, 5.41) is 2.73. The third kappa shape index (κ3) is 4.63. The van der Waals surface area contributed by atoms with Gasteiger partial charge < -0.3 is 5.32 Å². The minimum absolute atomic E-state index is 0.0496. The molecule has 0 fully saturated rings. The zero-order valence-corrected chi connectivity index (χ0v) is 15.9. The van der Waals surface area contributed by atoms with Gasteiger partial charge in [-0.2, -0.15) is 0 Å². The van der Waals surface area contributed by atoms with Gasteiger partial charge >= 0.3 is 0 Å². The Morgan fingerprint density at radius 2 is 1.25 bits per heavy atom. The van der Waals surface area contributed by atoms with E-state index in [1.807, 2.05) is 0 Å². The molecule has 3 aromatic rings. The number of carbonyl (C=O) groups is 2. The molecule has 0 aliphatic heterocycles. The molecule has 0 spiro atoms. The predicted octanol–water partition coefficient (Wildman–Crippen LogP) is 3.94. The summed E-state index contributed by atoms with van der Waals surface area (Å²) in [4.78, 5) is 23.8. The number of amides is 1. The predicted molar refractivity (Wildman–Crippen MR) is 108 cm³/mol. The van der Waals surface area contributed by atoms with Gasteiger partial charge in [0, 0.05) is 22.5 Å². The maximum absolute atomic E-state index is 12.3. The lowest BCUT2D eigenvalue weighted by Gasteiger charge is -2.09. The summed E-state index contributed by atoms with van der Waals surface area (Å²) in [7, 11) is -3.68. The molecule has 0 aromatic heterocycles. The Morgan fingerprint density at radius 3 is 1.82 bits per heavy atom. The van der Waals surface area contributed by atoms with Crippen LogP contribution >= 0.6 is 0 Å². The van der Waals surface area contributed by atoms with Crippen LogP contribution in [0.2, 0.25) is 0 Å². The van der Waals surface area contributed by atoms with Gasteiger partial charge in [0.1, 0.15) is 0 Å². The van der Waals surface area contributed by atoms with Crippen LogP contribution in [0.1, 0.15) is 27.6 Å². The summed E-state index contributed by atoms with van der Waals surface area (Å²) in [6, 6.07) is 20.7. The molecule has 7 heteroatoms. The number of hydrogen-bond donors (Lipinski definition) is 2. The van der Waals surface area contributed by atoms with Crippen LogP contribution in [-0.2, 0) is 10.0 Å². The van der Waals surface area contributed by atoms with E-state index in [0.29, 0.717) is 22.5 Å². The molecule has 28 heavy (non-hydrogen) atoms. The molecule has 142 valence electrons. The molecule has 0 bridgehead atoms. The van der Waals surface area contributed by atoms with Crippen molar-refractivity contribution >= 4 is 33.1 Å². The molecule has 2 N–H and O–H groups in total. The van der Waals surface area contributed by atoms with E-state index in [2.05, 4.69) is 10.0 Å². The lowest BCUT2D eigenvalue weighted by Crippen LogP contribution is -2.14. The molecule has 3 rings (SSSR count). The number of Topliss-reactive ketones (excluding diaryl/α,β-unsaturated/α-hetero) is 1. The summed E-state index contributed by atoms with van der Waals surface area (Å²) in [6.07, 6.45) is 0. The number of hydrogen-bond acceptors (Lipinski definition) is 4. The smallest absolute Gasteiger partial charge is 0.261 e. The molecule has 3 aromatic carbocycles. The molecule has 0 aliphatic carbocycles. The maximum atomic E-state index is 12.3. The number of ketones is 1. The Labute approximate surface area is 163 Å². The average Bonchev–Trinajstić information content (AvgIpc) is 2.69. The summed E-state index contributed by atoms with van der Waals surface area (Å²) < 4.78 is 27.1. The van der Waals surface area contributed by atoms with Gasteiger partial charge in [-0.1, -0.05) is 18.2 Å². The topological polar surface area (TPSA) is 92.3 Å². The molecule has 0 radical (unpaired) electrons. The number of benzene rings is 3. The van der Waals surface area contributed by atoms with Gasteiger partial charge in [0.2, 0.25) is 0 Å². The van der Waals surface area contributed by atoms with Crippen molar-refractivity contribution in [2.45, 2.75) is 11.8 Å². The first-order valence-electron chi connectivity index (χ1n) is 8.45. The largest absolute Gasteiger partial charge is 0.322 e. The second-order valence-corrected chi connectivity index (χ2v) is 7.77. The first-order chi connectivity index (χ1) is 13.3. The maximum Gasteiger partial charge on any atom is 0.261 e. The molecule has 0 saturated carbocycles. The molecule has 0 saturated heterocycles. The monoisotopic (exact) mass is 394 g/mol. The van der Waals surface area contributed by atoms with Crippen molar-refractivity contribution in [3.63, 3.8) is 0 Å². The van der Waals surface area contributed by atoms with Crippen LogP contribution < -0.4 is 10.0 Å². The Morgan fingerprint density at radius 1 is 0.714 bits per heavy atom. The first kappa shape index (κ1) is 19.3. The third-order valence-corrected chi connectivity index (χ3v) is 5.40. The Balaban J connectivity index is 1.68. The molecule has 0 heterocycles. The van der Waals surface area contributed by atoms with Gasteiger partial charge in [0.05, 0.1) is 4.90 Å². The van der Waals surface area contributed by atoms with Crippen LogP contribution in [0, 0.1) is 0 Å². The number of sulfonamides is 1. The van der Waals surface area contributed by atoms with E-state index in [1.54, 1.807) is 42.5 Å². The second kappa shape index (κ2) is 8.06. The molecule has 0 unspecified atom stereocenters. The summed E-state index contributed by atoms with van der Waals surface area (Å²) in [5.41, 5.74) is 1.85. The Hall–Kier alpha value is -3.45. The van der Waals surface area contributed by atoms with Crippen LogP contribution in [0.3, 0.4) is 0 Å². The minimum Gasteiger partial charge on any atom is -0.322 e. The van der Waals surface area contributed by atoms with Crippen molar-refractivity contribution in [3.05, 3.63) is 90.0 Å². The Bertz CT molecular complexity index is 1090. The molecule has 1 amide bonds. The van der Waals surface area contributed by atoms with Crippen molar-refractivity contribution in [2.75, 3.05) is 10.0 Å². The molecular formula is C21H18N2O4S. The van der Waals surface area contributed by atoms with E-state index in [1.165, 1.54) is 43.3 Å². The summed E-state index contributed by atoms with van der Waals surface area (Å²) in [5.74, 6) is -0.389. The number of carbonyl (C=O) groups excluding carboxylic acids is 2. The molecule has 0 atom stereocenters. The Kier molecular flexibility index (Phi) is 5.56. The van der Waals surface area contributed by atoms with Gasteiger partial charge in [-0.3, -0.25) is 14.3 Å². The van der Waals surface area contributed by atoms with Gasteiger partial charge in [-0.05, 0) is 67.6 Å². The van der Waals surface area contributed by atoms with Crippen LogP contribution in [0.5, 0.6) is 0 Å². The number of nitrogens with one attached hydrogen (secondary N) is 2. The zero-order chi connectivity index (χ0) is 20.1. The van der Waals surface area contributed by atoms with E-state index in [9.17, 15) is 18.0 Å². The van der Waals surface area contributed by atoms with Gasteiger partial charge in [-0.25, -0.2) is 8.42 Å². The fourth-order valence-electron chi connectivity index (χ4n) is 2.49. The van der Waals surface area contributed by atoms with E-state index in [-0.39, 0.29) is 16.6 Å². The second-order valence-electron chi connectivity index (χ2n) is 6.08. The lowest BCUT2D eigenvalue weighted by atomic mass is 10.1. The van der Waals surface area contributed by atoms with E-state index >= 15 is 0 Å². The van der Waals surface area contributed by atoms with Crippen LogP contribution in [0.4, 0.5) is 11.4 Å². The van der Waals surface area contributed by atoms with Crippen LogP contribution in [0.25, 0.3) is 0 Å². The van der Waals surface area contributed by atoms with Crippen LogP contribution in [-0.4, -0.2) is 20.1 Å². The van der Waals surface area contributed by atoms with Crippen molar-refractivity contribution in [3.8, 4) is 0 Å². The van der Waals surface area contributed by atoms with Crippen molar-refractivity contribution in [1.82, 2.24) is 0 Å². The highest BCUT2D eigenvalue weighted by atomic mass is 32.2. The standard InChI is InChI=1S/C21H18N2O4S/c1-15(24)16-7-11-18(12-8-16)22-21(25)17-9-13-19(14-10-17)23-28(26,27)20-5-3-2-4-6-20/h2-14,23H,1H3,(H,22,25). The van der Waals surface area contributed by atoms with E-state index in [0.717, 1.165) is 0 Å². The lowest BCUT2D eigenvalue weighted by molar-refractivity contribution is 0.101. The van der Waals surface area contributed by atoms with Gasteiger partial charge in [0.25, 0.3) is 15.9 Å². The van der Waals surface area contributed by atoms with Crippen molar-refractivity contribution < 1.29 is 18.0 Å². The first-order valence-corrected chi connectivity index (χ1v) is 9.94. The molecule has 6 nitrogen and oxygen atoms in total. The fourth-order valence-corrected chi connectivity index (χ4v) is 3.57. The zero-order valence-electron chi connectivity index (χ0n) is 15.0. The summed E-state index contributed by atoms with van der Waals surface area (Å²) >= 11 is 0. The van der Waals surface area contributed by atoms with Gasteiger partial charge in [-0.15, -0.1) is 0 Å². The highest BCUT2D eigenvalue weighted by molar-refractivity contribution is 7.92. The highest BCUT2D eigenvalue weighted by Gasteiger charge is 2.14. The van der Waals surface area contributed by atoms with Crippen molar-refractivity contribution in [1.29, 1.82) is 0 Å². The minimum atomic E-state index is -3.68. The summed E-state index contributed by atoms with van der Waals surface area (Å²) in [6.45, 7) is 1.47. The fraction of sp³-hybridized carbons (Fsp3) is 0.0476. The number of anilines is 2. The average molecular weight is 394 g/mol. The number of rotatable bonds is 6. The SMILES string of the molecule is CC(=O)c1ccc(NC(=O)c2ccc(NS(=O)(=O)c3ccccc3)cc2)cc1. The normalized spacial score (nSPS) is 10.9. The van der Waals surface area contributed by atoms with E-state index in [4.69, 9.17) is 0 Å².